The van der Waals surface area contributed by atoms with E-state index in [1.54, 1.807) is 12.1 Å². The van der Waals surface area contributed by atoms with Crippen molar-refractivity contribution in [1.29, 1.82) is 0 Å². The van der Waals surface area contributed by atoms with Gasteiger partial charge >= 0.3 is 0 Å². The quantitative estimate of drug-likeness (QED) is 0.698. The zero-order chi connectivity index (χ0) is 14.7. The van der Waals surface area contributed by atoms with Crippen molar-refractivity contribution in [1.82, 2.24) is 0 Å². The van der Waals surface area contributed by atoms with Gasteiger partial charge in [-0.15, -0.1) is 0 Å². The Bertz CT molecular complexity index is 529. The summed E-state index contributed by atoms with van der Waals surface area (Å²) in [6, 6.07) is 4.84. The summed E-state index contributed by atoms with van der Waals surface area (Å²) in [5, 5.41) is 8.53. The number of para-hydroxylation sites is 1. The first kappa shape index (κ1) is 15.8. The fourth-order valence-corrected chi connectivity index (χ4v) is 2.89. The lowest BCUT2D eigenvalue weighted by Gasteiger charge is -2.33. The number of sulfonamides is 1. The van der Waals surface area contributed by atoms with Crippen LogP contribution in [0.3, 0.4) is 0 Å². The van der Waals surface area contributed by atoms with Crippen molar-refractivity contribution in [3.63, 3.8) is 0 Å². The number of benzene rings is 1. The van der Waals surface area contributed by atoms with Gasteiger partial charge in [0.1, 0.15) is 4.90 Å². The van der Waals surface area contributed by atoms with Crippen molar-refractivity contribution in [2.75, 3.05) is 11.1 Å². The summed E-state index contributed by atoms with van der Waals surface area (Å²) >= 11 is 0. The van der Waals surface area contributed by atoms with Gasteiger partial charge in [-0.2, -0.15) is 0 Å². The molecule has 0 fully saturated rings. The van der Waals surface area contributed by atoms with Gasteiger partial charge in [-0.1, -0.05) is 26.8 Å². The van der Waals surface area contributed by atoms with E-state index in [1.807, 2.05) is 0 Å². The van der Waals surface area contributed by atoms with Crippen LogP contribution in [0.25, 0.3) is 0 Å². The molecule has 0 aliphatic carbocycles. The van der Waals surface area contributed by atoms with Gasteiger partial charge in [0.25, 0.3) is 0 Å². The lowest BCUT2D eigenvalue weighted by Crippen LogP contribution is -2.36. The smallest absolute Gasteiger partial charge is 0.240 e. The Kier molecular flexibility index (Phi) is 4.81. The molecule has 0 saturated heterocycles. The van der Waals surface area contributed by atoms with Crippen molar-refractivity contribution in [3.05, 3.63) is 18.2 Å². The fourth-order valence-electron chi connectivity index (χ4n) is 2.20. The molecule has 1 rings (SSSR count). The standard InChI is InChI=1S/C13H23N3O2S/c1-4-13(5-2,6-3)16-10-8-7-9-11(12(10)14)19(15,17)18/h7-9,16H,4-6,14H2,1-3H3,(H2,15,17,18). The van der Waals surface area contributed by atoms with Crippen molar-refractivity contribution >= 4 is 21.4 Å². The van der Waals surface area contributed by atoms with E-state index in [9.17, 15) is 8.42 Å². The van der Waals surface area contributed by atoms with Crippen LogP contribution in [-0.2, 0) is 10.0 Å². The number of hydrogen-bond donors (Lipinski definition) is 3. The molecule has 0 spiro atoms. The van der Waals surface area contributed by atoms with E-state index in [2.05, 4.69) is 26.1 Å². The van der Waals surface area contributed by atoms with Gasteiger partial charge < -0.3 is 11.1 Å². The molecule has 0 saturated carbocycles. The third kappa shape index (κ3) is 3.39. The fraction of sp³-hybridized carbons (Fsp3) is 0.538. The minimum absolute atomic E-state index is 0.0327. The Morgan fingerprint density at radius 2 is 1.68 bits per heavy atom. The molecule has 0 aliphatic heterocycles. The van der Waals surface area contributed by atoms with Crippen LogP contribution >= 0.6 is 0 Å². The Morgan fingerprint density at radius 1 is 1.16 bits per heavy atom. The molecular weight excluding hydrogens is 262 g/mol. The lowest BCUT2D eigenvalue weighted by atomic mass is 9.89. The summed E-state index contributed by atoms with van der Waals surface area (Å²) in [6.07, 6.45) is 2.79. The normalized spacial score (nSPS) is 12.4. The van der Waals surface area contributed by atoms with E-state index >= 15 is 0 Å². The van der Waals surface area contributed by atoms with E-state index in [4.69, 9.17) is 10.9 Å². The number of nitrogens with one attached hydrogen (secondary N) is 1. The van der Waals surface area contributed by atoms with Crippen LogP contribution < -0.4 is 16.2 Å². The van der Waals surface area contributed by atoms with Crippen LogP contribution in [0.15, 0.2) is 23.1 Å². The third-order valence-corrected chi connectivity index (χ3v) is 4.77. The molecule has 0 radical (unpaired) electrons. The molecule has 0 atom stereocenters. The predicted molar refractivity (Wildman–Crippen MR) is 79.5 cm³/mol. The Morgan fingerprint density at radius 3 is 2.11 bits per heavy atom. The van der Waals surface area contributed by atoms with Gasteiger partial charge in [0, 0.05) is 5.54 Å². The molecule has 108 valence electrons. The highest BCUT2D eigenvalue weighted by atomic mass is 32.2. The molecule has 6 heteroatoms. The van der Waals surface area contributed by atoms with Gasteiger partial charge in [-0.05, 0) is 31.4 Å². The molecule has 19 heavy (non-hydrogen) atoms. The lowest BCUT2D eigenvalue weighted by molar-refractivity contribution is 0.420. The van der Waals surface area contributed by atoms with E-state index < -0.39 is 10.0 Å². The monoisotopic (exact) mass is 285 g/mol. The van der Waals surface area contributed by atoms with Crippen LogP contribution in [0.4, 0.5) is 11.4 Å². The molecule has 5 N–H and O–H groups in total. The number of primary sulfonamides is 1. The summed E-state index contributed by atoms with van der Waals surface area (Å²) in [5.74, 6) is 0. The Balaban J connectivity index is 3.23. The number of nitrogen functional groups attached to an aromatic ring is 1. The average molecular weight is 285 g/mol. The third-order valence-electron chi connectivity index (χ3n) is 3.80. The van der Waals surface area contributed by atoms with Crippen LogP contribution in [-0.4, -0.2) is 14.0 Å². The second-order valence-corrected chi connectivity index (χ2v) is 6.26. The molecule has 0 heterocycles. The summed E-state index contributed by atoms with van der Waals surface area (Å²) in [4.78, 5) is -0.0327. The first-order valence-electron chi connectivity index (χ1n) is 6.49. The number of nitrogens with two attached hydrogens (primary N) is 2. The van der Waals surface area contributed by atoms with Gasteiger partial charge in [0.05, 0.1) is 11.4 Å². The maximum absolute atomic E-state index is 11.5. The van der Waals surface area contributed by atoms with Crippen LogP contribution in [0.5, 0.6) is 0 Å². The van der Waals surface area contributed by atoms with Gasteiger partial charge in [0.15, 0.2) is 0 Å². The van der Waals surface area contributed by atoms with Gasteiger partial charge in [-0.3, -0.25) is 0 Å². The van der Waals surface area contributed by atoms with Gasteiger partial charge in [-0.25, -0.2) is 13.6 Å². The molecule has 0 bridgehead atoms. The summed E-state index contributed by atoms with van der Waals surface area (Å²) in [7, 11) is -3.80. The van der Waals surface area contributed by atoms with E-state index in [0.717, 1.165) is 19.3 Å². The zero-order valence-electron chi connectivity index (χ0n) is 11.7. The maximum Gasteiger partial charge on any atom is 0.240 e. The second-order valence-electron chi connectivity index (χ2n) is 4.73. The molecular formula is C13H23N3O2S. The minimum atomic E-state index is -3.80. The molecule has 5 nitrogen and oxygen atoms in total. The molecule has 0 amide bonds. The molecule has 0 unspecified atom stereocenters. The van der Waals surface area contributed by atoms with Crippen molar-refractivity contribution in [3.8, 4) is 0 Å². The number of hydrogen-bond acceptors (Lipinski definition) is 4. The van der Waals surface area contributed by atoms with Crippen molar-refractivity contribution in [2.24, 2.45) is 5.14 Å². The SMILES string of the molecule is CCC(CC)(CC)Nc1cccc(S(N)(=O)=O)c1N. The predicted octanol–water partition coefficient (Wildman–Crippen LogP) is 2.30. The van der Waals surface area contributed by atoms with Crippen molar-refractivity contribution in [2.45, 2.75) is 50.5 Å². The minimum Gasteiger partial charge on any atom is -0.396 e. The topological polar surface area (TPSA) is 98.2 Å². The summed E-state index contributed by atoms with van der Waals surface area (Å²) < 4.78 is 22.9. The average Bonchev–Trinajstić information content (AvgIpc) is 2.37. The first-order chi connectivity index (χ1) is 8.79. The largest absolute Gasteiger partial charge is 0.396 e. The van der Waals surface area contributed by atoms with Crippen LogP contribution in [0.2, 0.25) is 0 Å². The maximum atomic E-state index is 11.5. The molecule has 1 aromatic carbocycles. The van der Waals surface area contributed by atoms with E-state index in [0.29, 0.717) is 5.69 Å². The second kappa shape index (κ2) is 5.79. The molecule has 0 aliphatic rings. The van der Waals surface area contributed by atoms with Gasteiger partial charge in [0.2, 0.25) is 10.0 Å². The number of rotatable bonds is 6. The number of anilines is 2. The Hall–Kier alpha value is -1.27. The van der Waals surface area contributed by atoms with Crippen LogP contribution in [0.1, 0.15) is 40.0 Å². The Labute approximate surface area is 115 Å². The van der Waals surface area contributed by atoms with E-state index in [-0.39, 0.29) is 16.1 Å². The molecule has 1 aromatic rings. The highest BCUT2D eigenvalue weighted by Crippen LogP contribution is 2.31. The highest BCUT2D eigenvalue weighted by Gasteiger charge is 2.25. The van der Waals surface area contributed by atoms with Crippen molar-refractivity contribution < 1.29 is 8.42 Å². The first-order valence-corrected chi connectivity index (χ1v) is 8.03. The summed E-state index contributed by atoms with van der Waals surface area (Å²) in [6.45, 7) is 6.29. The highest BCUT2D eigenvalue weighted by molar-refractivity contribution is 7.89. The summed E-state index contributed by atoms with van der Waals surface area (Å²) in [5.41, 5.74) is 6.65. The van der Waals surface area contributed by atoms with Crippen LogP contribution in [0, 0.1) is 0 Å². The van der Waals surface area contributed by atoms with E-state index in [1.165, 1.54) is 6.07 Å². The zero-order valence-corrected chi connectivity index (χ0v) is 12.5. The molecule has 0 aromatic heterocycles.